The van der Waals surface area contributed by atoms with Gasteiger partial charge in [0.2, 0.25) is 5.66 Å². The highest BCUT2D eigenvalue weighted by Gasteiger charge is 2.41. The molecule has 0 aliphatic carbocycles. The molecule has 2 fully saturated rings. The van der Waals surface area contributed by atoms with Gasteiger partial charge in [0.05, 0.1) is 5.56 Å². The largest absolute Gasteiger partial charge is 0.351 e. The molecule has 3 rings (SSSR count). The standard InChI is InChI=1S/C17H19FN6O2/c1-10-9-21-6-7-24(10)14(19)12-3-2-11(8-13(12)18)4-5-17(20)15(25)22-16(26)23-17/h2-3,8,10,19,21H,6-7,9,20H2,1H3,(H2,22,23,25,26)/t10?,17-/m0/s1. The number of urea groups is 1. The predicted molar refractivity (Wildman–Crippen MR) is 92.7 cm³/mol. The predicted octanol–water partition coefficient (Wildman–Crippen LogP) is -0.709. The maximum atomic E-state index is 14.5. The molecule has 2 heterocycles. The van der Waals surface area contributed by atoms with E-state index in [1.807, 2.05) is 17.1 Å². The Morgan fingerprint density at radius 1 is 1.46 bits per heavy atom. The summed E-state index contributed by atoms with van der Waals surface area (Å²) in [5.41, 5.74) is 4.34. The summed E-state index contributed by atoms with van der Waals surface area (Å²) >= 11 is 0. The third-order valence-corrected chi connectivity index (χ3v) is 4.31. The van der Waals surface area contributed by atoms with Gasteiger partial charge in [-0.2, -0.15) is 0 Å². The third-order valence-electron chi connectivity index (χ3n) is 4.31. The molecular formula is C17H19FN6O2. The van der Waals surface area contributed by atoms with Crippen molar-refractivity contribution < 1.29 is 14.0 Å². The molecular weight excluding hydrogens is 339 g/mol. The molecule has 6 N–H and O–H groups in total. The Kier molecular flexibility index (Phi) is 4.63. The lowest BCUT2D eigenvalue weighted by Crippen LogP contribution is -2.54. The lowest BCUT2D eigenvalue weighted by molar-refractivity contribution is -0.122. The highest BCUT2D eigenvalue weighted by Crippen LogP contribution is 2.15. The lowest BCUT2D eigenvalue weighted by Gasteiger charge is -2.36. The molecule has 9 heteroatoms. The summed E-state index contributed by atoms with van der Waals surface area (Å²) < 4.78 is 14.5. The van der Waals surface area contributed by atoms with Gasteiger partial charge in [-0.3, -0.25) is 21.3 Å². The van der Waals surface area contributed by atoms with E-state index in [4.69, 9.17) is 11.1 Å². The number of nitrogens with two attached hydrogens (primary N) is 1. The van der Waals surface area contributed by atoms with Gasteiger partial charge in [-0.15, -0.1) is 0 Å². The average molecular weight is 358 g/mol. The van der Waals surface area contributed by atoms with Crippen molar-refractivity contribution in [3.8, 4) is 11.8 Å². The van der Waals surface area contributed by atoms with E-state index in [0.29, 0.717) is 6.54 Å². The third kappa shape index (κ3) is 3.37. The Balaban J connectivity index is 1.80. The maximum absolute atomic E-state index is 14.5. The zero-order valence-corrected chi connectivity index (χ0v) is 14.1. The van der Waals surface area contributed by atoms with Crippen molar-refractivity contribution in [3.63, 3.8) is 0 Å². The van der Waals surface area contributed by atoms with Gasteiger partial charge in [-0.1, -0.05) is 5.92 Å². The Bertz CT molecular complexity index is 845. The van der Waals surface area contributed by atoms with Crippen LogP contribution in [0.2, 0.25) is 0 Å². The van der Waals surface area contributed by atoms with Crippen LogP contribution in [-0.2, 0) is 4.79 Å². The van der Waals surface area contributed by atoms with E-state index in [0.717, 1.165) is 13.1 Å². The van der Waals surface area contributed by atoms with E-state index in [1.54, 1.807) is 6.07 Å². The minimum Gasteiger partial charge on any atom is -0.351 e. The van der Waals surface area contributed by atoms with Crippen LogP contribution in [0, 0.1) is 23.1 Å². The van der Waals surface area contributed by atoms with Crippen LogP contribution >= 0.6 is 0 Å². The van der Waals surface area contributed by atoms with Gasteiger partial charge in [0.1, 0.15) is 11.7 Å². The Morgan fingerprint density at radius 2 is 2.23 bits per heavy atom. The van der Waals surface area contributed by atoms with Crippen molar-refractivity contribution in [2.45, 2.75) is 18.6 Å². The van der Waals surface area contributed by atoms with Gasteiger partial charge in [0.25, 0.3) is 5.91 Å². The zero-order valence-electron chi connectivity index (χ0n) is 14.1. The number of nitrogens with one attached hydrogen (secondary N) is 4. The number of nitrogens with zero attached hydrogens (tertiary/aromatic N) is 1. The van der Waals surface area contributed by atoms with Crippen LogP contribution in [0.15, 0.2) is 18.2 Å². The van der Waals surface area contributed by atoms with E-state index in [-0.39, 0.29) is 23.0 Å². The number of carbonyl (C=O) groups is 2. The first-order valence-electron chi connectivity index (χ1n) is 8.11. The second-order valence-electron chi connectivity index (χ2n) is 6.26. The summed E-state index contributed by atoms with van der Waals surface area (Å²) in [5.74, 6) is 3.81. The van der Waals surface area contributed by atoms with Crippen molar-refractivity contribution >= 4 is 17.8 Å². The molecule has 0 spiro atoms. The van der Waals surface area contributed by atoms with E-state index < -0.39 is 23.4 Å². The fraction of sp³-hybridized carbons (Fsp3) is 0.353. The fourth-order valence-corrected chi connectivity index (χ4v) is 2.84. The minimum absolute atomic E-state index is 0.0942. The molecule has 0 aromatic heterocycles. The number of piperazine rings is 1. The molecule has 0 saturated carbocycles. The SMILES string of the molecule is CC1CNCCN1C(=N)c1ccc(C#C[C@]2(N)NC(=O)NC2=O)cc1F. The van der Waals surface area contributed by atoms with Gasteiger partial charge in [0.15, 0.2) is 0 Å². The normalized spacial score (nSPS) is 25.2. The van der Waals surface area contributed by atoms with Crippen LogP contribution in [0.3, 0.4) is 0 Å². The highest BCUT2D eigenvalue weighted by molar-refractivity contribution is 6.08. The van der Waals surface area contributed by atoms with Gasteiger partial charge >= 0.3 is 6.03 Å². The minimum atomic E-state index is -1.84. The Labute approximate surface area is 149 Å². The van der Waals surface area contributed by atoms with Crippen LogP contribution in [0.1, 0.15) is 18.1 Å². The Hall–Kier alpha value is -2.96. The number of amidine groups is 1. The number of benzene rings is 1. The molecule has 0 bridgehead atoms. The average Bonchev–Trinajstić information content (AvgIpc) is 2.85. The van der Waals surface area contributed by atoms with Crippen molar-refractivity contribution in [1.82, 2.24) is 20.9 Å². The van der Waals surface area contributed by atoms with E-state index >= 15 is 0 Å². The van der Waals surface area contributed by atoms with Gasteiger partial charge in [0, 0.05) is 31.2 Å². The fourth-order valence-electron chi connectivity index (χ4n) is 2.84. The summed E-state index contributed by atoms with van der Waals surface area (Å²) in [6.45, 7) is 4.08. The molecule has 2 atom stereocenters. The number of halogens is 1. The van der Waals surface area contributed by atoms with Crippen molar-refractivity contribution in [3.05, 3.63) is 35.1 Å². The first kappa shape index (κ1) is 17.8. The maximum Gasteiger partial charge on any atom is 0.324 e. The smallest absolute Gasteiger partial charge is 0.324 e. The van der Waals surface area contributed by atoms with E-state index in [9.17, 15) is 14.0 Å². The molecule has 136 valence electrons. The quantitative estimate of drug-likeness (QED) is 0.196. The molecule has 1 aromatic carbocycles. The Morgan fingerprint density at radius 3 is 2.85 bits per heavy atom. The number of imide groups is 1. The summed E-state index contributed by atoms with van der Waals surface area (Å²) in [4.78, 5) is 24.6. The summed E-state index contributed by atoms with van der Waals surface area (Å²) in [5, 5.41) is 15.7. The summed E-state index contributed by atoms with van der Waals surface area (Å²) in [7, 11) is 0. The molecule has 0 radical (unpaired) electrons. The molecule has 2 saturated heterocycles. The number of amides is 3. The second kappa shape index (κ2) is 6.74. The second-order valence-corrected chi connectivity index (χ2v) is 6.26. The van der Waals surface area contributed by atoms with Crippen molar-refractivity contribution in [2.24, 2.45) is 5.73 Å². The van der Waals surface area contributed by atoms with E-state index in [2.05, 4.69) is 22.5 Å². The van der Waals surface area contributed by atoms with Crippen LogP contribution in [0.5, 0.6) is 0 Å². The van der Waals surface area contributed by atoms with Crippen LogP contribution in [0.25, 0.3) is 0 Å². The topological polar surface area (TPSA) is 123 Å². The van der Waals surface area contributed by atoms with Crippen molar-refractivity contribution in [1.29, 1.82) is 5.41 Å². The number of rotatable bonds is 1. The molecule has 2 aliphatic heterocycles. The number of hydrogen-bond acceptors (Lipinski definition) is 5. The van der Waals surface area contributed by atoms with Gasteiger partial charge < -0.3 is 15.5 Å². The molecule has 1 aromatic rings. The van der Waals surface area contributed by atoms with Crippen LogP contribution in [-0.4, -0.2) is 54.0 Å². The number of carbonyl (C=O) groups excluding carboxylic acids is 2. The molecule has 26 heavy (non-hydrogen) atoms. The zero-order chi connectivity index (χ0) is 18.9. The van der Waals surface area contributed by atoms with E-state index in [1.165, 1.54) is 12.1 Å². The summed E-state index contributed by atoms with van der Waals surface area (Å²) in [6, 6.07) is 3.57. The molecule has 2 aliphatic rings. The summed E-state index contributed by atoms with van der Waals surface area (Å²) in [6.07, 6.45) is 0. The number of hydrogen-bond donors (Lipinski definition) is 5. The van der Waals surface area contributed by atoms with Crippen LogP contribution < -0.4 is 21.7 Å². The first-order chi connectivity index (χ1) is 12.3. The molecule has 3 amide bonds. The first-order valence-corrected chi connectivity index (χ1v) is 8.11. The van der Waals surface area contributed by atoms with Crippen LogP contribution in [0.4, 0.5) is 9.18 Å². The van der Waals surface area contributed by atoms with Crippen molar-refractivity contribution in [2.75, 3.05) is 19.6 Å². The van der Waals surface area contributed by atoms with Gasteiger partial charge in [-0.05, 0) is 31.0 Å². The highest BCUT2D eigenvalue weighted by atomic mass is 19.1. The molecule has 1 unspecified atom stereocenters. The molecule has 8 nitrogen and oxygen atoms in total. The lowest BCUT2D eigenvalue weighted by atomic mass is 10.1. The monoisotopic (exact) mass is 358 g/mol. The van der Waals surface area contributed by atoms with Gasteiger partial charge in [-0.25, -0.2) is 9.18 Å².